The van der Waals surface area contributed by atoms with Gasteiger partial charge in [0.25, 0.3) is 0 Å². The number of hydrogen-bond donors (Lipinski definition) is 1. The molecule has 0 aliphatic carbocycles. The number of carbonyl (C=O) groups excluding carboxylic acids is 1. The Morgan fingerprint density at radius 3 is 2.83 bits per heavy atom. The molecule has 1 saturated heterocycles. The first-order valence-electron chi connectivity index (χ1n) is 8.75. The van der Waals surface area contributed by atoms with Crippen LogP contribution in [0.25, 0.3) is 5.57 Å². The van der Waals surface area contributed by atoms with E-state index in [1.807, 2.05) is 11.0 Å². The van der Waals surface area contributed by atoms with Crippen LogP contribution < -0.4 is 5.32 Å². The third-order valence-electron chi connectivity index (χ3n) is 4.70. The van der Waals surface area contributed by atoms with Gasteiger partial charge in [-0.15, -0.1) is 0 Å². The van der Waals surface area contributed by atoms with E-state index in [1.165, 1.54) is 11.1 Å². The number of hydrogen-bond acceptors (Lipinski definition) is 4. The van der Waals surface area contributed by atoms with Gasteiger partial charge in [-0.2, -0.15) is 0 Å². The van der Waals surface area contributed by atoms with Crippen molar-refractivity contribution in [2.45, 2.75) is 12.5 Å². The fourth-order valence-electron chi connectivity index (χ4n) is 3.25. The minimum atomic E-state index is 0.169. The van der Waals surface area contributed by atoms with Crippen molar-refractivity contribution < 1.29 is 9.53 Å². The van der Waals surface area contributed by atoms with Crippen molar-refractivity contribution >= 4 is 11.5 Å². The molecule has 0 aromatic heterocycles. The third-order valence-corrected chi connectivity index (χ3v) is 4.70. The fraction of sp³-hybridized carbons (Fsp3) is 0.526. The lowest BCUT2D eigenvalue weighted by Gasteiger charge is -2.30. The minimum Gasteiger partial charge on any atom is -0.374 e. The molecule has 130 valence electrons. The van der Waals surface area contributed by atoms with Crippen LogP contribution in [0.3, 0.4) is 0 Å². The lowest BCUT2D eigenvalue weighted by Crippen LogP contribution is -2.47. The first-order chi connectivity index (χ1) is 11.7. The van der Waals surface area contributed by atoms with E-state index in [4.69, 9.17) is 4.74 Å². The predicted octanol–water partition coefficient (Wildman–Crippen LogP) is 1.22. The molecule has 1 amide bonds. The highest BCUT2D eigenvalue weighted by atomic mass is 16.5. The number of nitrogens with one attached hydrogen (secondary N) is 1. The van der Waals surface area contributed by atoms with Crippen molar-refractivity contribution in [3.8, 4) is 0 Å². The van der Waals surface area contributed by atoms with Crippen molar-refractivity contribution in [2.75, 3.05) is 52.9 Å². The van der Waals surface area contributed by atoms with E-state index in [1.54, 1.807) is 0 Å². The molecule has 1 fully saturated rings. The highest BCUT2D eigenvalue weighted by molar-refractivity contribution is 5.80. The summed E-state index contributed by atoms with van der Waals surface area (Å²) in [6.07, 6.45) is 3.28. The van der Waals surface area contributed by atoms with Gasteiger partial charge in [0, 0.05) is 32.7 Å². The minimum absolute atomic E-state index is 0.169. The van der Waals surface area contributed by atoms with E-state index < -0.39 is 0 Å². The Labute approximate surface area is 144 Å². The van der Waals surface area contributed by atoms with Gasteiger partial charge in [0.2, 0.25) is 5.91 Å². The van der Waals surface area contributed by atoms with Gasteiger partial charge in [-0.05, 0) is 24.6 Å². The molecule has 0 spiro atoms. The fourth-order valence-corrected chi connectivity index (χ4v) is 3.25. The molecule has 0 saturated carbocycles. The number of nitrogens with zero attached hydrogens (tertiary/aromatic N) is 2. The smallest absolute Gasteiger partial charge is 0.236 e. The number of morpholine rings is 1. The van der Waals surface area contributed by atoms with Crippen LogP contribution in [0.15, 0.2) is 36.4 Å². The van der Waals surface area contributed by atoms with Gasteiger partial charge in [0.05, 0.1) is 19.3 Å². The summed E-state index contributed by atoms with van der Waals surface area (Å²) < 4.78 is 5.70. The van der Waals surface area contributed by atoms with E-state index >= 15 is 0 Å². The van der Waals surface area contributed by atoms with Crippen LogP contribution in [0.5, 0.6) is 0 Å². The molecule has 1 N–H and O–H groups in total. The molecular formula is C19H27N3O2. The maximum Gasteiger partial charge on any atom is 0.236 e. The zero-order valence-electron chi connectivity index (χ0n) is 14.4. The van der Waals surface area contributed by atoms with E-state index in [2.05, 4.69) is 47.6 Å². The molecule has 24 heavy (non-hydrogen) atoms. The number of likely N-dealkylation sites (N-methyl/N-ethyl adjacent to an activating group) is 1. The van der Waals surface area contributed by atoms with Crippen LogP contribution in [-0.4, -0.2) is 74.7 Å². The molecule has 0 radical (unpaired) electrons. The summed E-state index contributed by atoms with van der Waals surface area (Å²) in [5.74, 6) is 0.169. The van der Waals surface area contributed by atoms with Gasteiger partial charge in [-0.3, -0.25) is 4.79 Å². The third kappa shape index (κ3) is 4.66. The first kappa shape index (κ1) is 17.1. The molecule has 3 rings (SSSR count). The molecule has 1 atom stereocenters. The summed E-state index contributed by atoms with van der Waals surface area (Å²) in [6, 6.07) is 10.4. The maximum atomic E-state index is 12.3. The van der Waals surface area contributed by atoms with Crippen LogP contribution >= 0.6 is 0 Å². The summed E-state index contributed by atoms with van der Waals surface area (Å²) in [7, 11) is 2.10. The maximum absolute atomic E-state index is 12.3. The Morgan fingerprint density at radius 2 is 2.12 bits per heavy atom. The molecule has 1 aromatic carbocycles. The first-order valence-corrected chi connectivity index (χ1v) is 8.75. The van der Waals surface area contributed by atoms with Crippen molar-refractivity contribution in [2.24, 2.45) is 0 Å². The summed E-state index contributed by atoms with van der Waals surface area (Å²) in [4.78, 5) is 16.5. The predicted molar refractivity (Wildman–Crippen MR) is 95.7 cm³/mol. The average Bonchev–Trinajstić information content (AvgIpc) is 2.63. The highest BCUT2D eigenvalue weighted by Crippen LogP contribution is 2.21. The Morgan fingerprint density at radius 1 is 1.29 bits per heavy atom. The van der Waals surface area contributed by atoms with Crippen LogP contribution in [0, 0.1) is 0 Å². The van der Waals surface area contributed by atoms with Crippen molar-refractivity contribution in [1.82, 2.24) is 15.1 Å². The summed E-state index contributed by atoms with van der Waals surface area (Å²) >= 11 is 0. The van der Waals surface area contributed by atoms with Gasteiger partial charge in [-0.25, -0.2) is 0 Å². The van der Waals surface area contributed by atoms with E-state index in [-0.39, 0.29) is 12.0 Å². The second-order valence-electron chi connectivity index (χ2n) is 6.57. The Kier molecular flexibility index (Phi) is 6.01. The standard InChI is InChI=1S/C19H27N3O2/c1-21-11-12-24-18(15-21)13-20-14-19(23)22-9-7-17(8-10-22)16-5-3-2-4-6-16/h2-7,18,20H,8-15H2,1H3. The van der Waals surface area contributed by atoms with Crippen molar-refractivity contribution in [3.63, 3.8) is 0 Å². The van der Waals surface area contributed by atoms with Gasteiger partial charge in [-0.1, -0.05) is 36.4 Å². The monoisotopic (exact) mass is 329 g/mol. The largest absolute Gasteiger partial charge is 0.374 e. The van der Waals surface area contributed by atoms with Crippen LogP contribution in [0.2, 0.25) is 0 Å². The second-order valence-corrected chi connectivity index (χ2v) is 6.57. The van der Waals surface area contributed by atoms with E-state index in [9.17, 15) is 4.79 Å². The molecule has 5 nitrogen and oxygen atoms in total. The number of ether oxygens (including phenoxy) is 1. The molecule has 0 bridgehead atoms. The molecule has 2 heterocycles. The van der Waals surface area contributed by atoms with E-state index in [0.29, 0.717) is 13.1 Å². The normalized spacial score (nSPS) is 22.3. The summed E-state index contributed by atoms with van der Waals surface area (Å²) in [6.45, 7) is 5.30. The van der Waals surface area contributed by atoms with Crippen molar-refractivity contribution in [1.29, 1.82) is 0 Å². The molecule has 5 heteroatoms. The molecule has 2 aliphatic rings. The molecule has 2 aliphatic heterocycles. The number of benzene rings is 1. The van der Waals surface area contributed by atoms with Gasteiger partial charge >= 0.3 is 0 Å². The second kappa shape index (κ2) is 8.42. The number of carbonyl (C=O) groups is 1. The SMILES string of the molecule is CN1CCOC(CNCC(=O)N2CC=C(c3ccccc3)CC2)C1. The Balaban J connectivity index is 1.41. The number of rotatable bonds is 5. The summed E-state index contributed by atoms with van der Waals surface area (Å²) in [5, 5.41) is 3.25. The topological polar surface area (TPSA) is 44.8 Å². The zero-order chi connectivity index (χ0) is 16.8. The summed E-state index contributed by atoms with van der Waals surface area (Å²) in [5.41, 5.74) is 2.60. The highest BCUT2D eigenvalue weighted by Gasteiger charge is 2.20. The quantitative estimate of drug-likeness (QED) is 0.882. The Hall–Kier alpha value is -1.69. The van der Waals surface area contributed by atoms with Crippen LogP contribution in [0.4, 0.5) is 0 Å². The zero-order valence-corrected chi connectivity index (χ0v) is 14.4. The van der Waals surface area contributed by atoms with Crippen LogP contribution in [0.1, 0.15) is 12.0 Å². The lowest BCUT2D eigenvalue weighted by atomic mass is 9.99. The molecule has 1 unspecified atom stereocenters. The average molecular weight is 329 g/mol. The van der Waals surface area contributed by atoms with E-state index in [0.717, 1.165) is 39.2 Å². The Bertz CT molecular complexity index is 573. The van der Waals surface area contributed by atoms with Gasteiger partial charge in [0.15, 0.2) is 0 Å². The molecule has 1 aromatic rings. The lowest BCUT2D eigenvalue weighted by molar-refractivity contribution is -0.130. The van der Waals surface area contributed by atoms with Gasteiger partial charge in [0.1, 0.15) is 0 Å². The van der Waals surface area contributed by atoms with Crippen molar-refractivity contribution in [3.05, 3.63) is 42.0 Å². The molecular weight excluding hydrogens is 302 g/mol. The number of amides is 1. The van der Waals surface area contributed by atoms with Crippen LogP contribution in [-0.2, 0) is 9.53 Å². The van der Waals surface area contributed by atoms with Gasteiger partial charge < -0.3 is 19.9 Å².